The molecule has 1 unspecified atom stereocenters. The van der Waals surface area contributed by atoms with Crippen LogP contribution in [0.25, 0.3) is 0 Å². The fraction of sp³-hybridized carbons (Fsp3) is 0.562. The van der Waals surface area contributed by atoms with Crippen LogP contribution in [0.3, 0.4) is 0 Å². The average Bonchev–Trinajstić information content (AvgIpc) is 2.50. The fourth-order valence-electron chi connectivity index (χ4n) is 2.61. The predicted molar refractivity (Wildman–Crippen MR) is 89.1 cm³/mol. The van der Waals surface area contributed by atoms with Gasteiger partial charge < -0.3 is 15.0 Å². The van der Waals surface area contributed by atoms with E-state index in [1.807, 2.05) is 43.1 Å². The number of sulfone groups is 1. The minimum Gasteiger partial charge on any atom is -0.494 e. The molecule has 1 aliphatic rings. The molecule has 7 heteroatoms. The Morgan fingerprint density at radius 1 is 1.39 bits per heavy atom. The van der Waals surface area contributed by atoms with E-state index in [4.69, 9.17) is 4.74 Å². The molecule has 1 aromatic rings. The number of amides is 1. The van der Waals surface area contributed by atoms with Crippen LogP contribution in [0, 0.1) is 0 Å². The van der Waals surface area contributed by atoms with Gasteiger partial charge in [0.1, 0.15) is 5.75 Å². The van der Waals surface area contributed by atoms with E-state index in [0.29, 0.717) is 19.7 Å². The second-order valence-electron chi connectivity index (χ2n) is 5.77. The Balaban J connectivity index is 1.90. The van der Waals surface area contributed by atoms with Gasteiger partial charge in [-0.25, -0.2) is 8.42 Å². The fourth-order valence-corrected chi connectivity index (χ4v) is 4.30. The minimum atomic E-state index is -3.03. The van der Waals surface area contributed by atoms with Gasteiger partial charge >= 0.3 is 0 Å². The number of carbonyl (C=O) groups excluding carboxylic acids is 1. The molecule has 0 aliphatic carbocycles. The van der Waals surface area contributed by atoms with Crippen molar-refractivity contribution in [1.82, 2.24) is 10.2 Å². The highest BCUT2D eigenvalue weighted by atomic mass is 32.2. The summed E-state index contributed by atoms with van der Waals surface area (Å²) in [6.45, 7) is 3.33. The third-order valence-corrected chi connectivity index (χ3v) is 5.69. The van der Waals surface area contributed by atoms with Gasteiger partial charge in [0.05, 0.1) is 18.1 Å². The molecule has 1 atom stereocenters. The number of hydrogen-bond acceptors (Lipinski definition) is 5. The smallest absolute Gasteiger partial charge is 0.221 e. The van der Waals surface area contributed by atoms with E-state index in [9.17, 15) is 13.2 Å². The zero-order valence-corrected chi connectivity index (χ0v) is 14.4. The molecule has 1 aromatic carbocycles. The van der Waals surface area contributed by atoms with Gasteiger partial charge in [0.25, 0.3) is 0 Å². The van der Waals surface area contributed by atoms with Crippen LogP contribution in [-0.4, -0.2) is 57.0 Å². The molecule has 1 N–H and O–H groups in total. The van der Waals surface area contributed by atoms with Crippen molar-refractivity contribution in [1.29, 1.82) is 0 Å². The van der Waals surface area contributed by atoms with Crippen molar-refractivity contribution >= 4 is 15.7 Å². The van der Waals surface area contributed by atoms with Crippen molar-refractivity contribution in [2.24, 2.45) is 0 Å². The lowest BCUT2D eigenvalue weighted by atomic mass is 10.1. The Hall–Kier alpha value is -1.60. The topological polar surface area (TPSA) is 75.7 Å². The zero-order valence-electron chi connectivity index (χ0n) is 13.6. The summed E-state index contributed by atoms with van der Waals surface area (Å²) in [7, 11) is -1.18. The molecule has 1 fully saturated rings. The van der Waals surface area contributed by atoms with Crippen LogP contribution in [0.5, 0.6) is 5.75 Å². The molecular formula is C16H24N2O4S. The average molecular weight is 340 g/mol. The lowest BCUT2D eigenvalue weighted by Crippen LogP contribution is -2.48. The van der Waals surface area contributed by atoms with Crippen LogP contribution in [0.15, 0.2) is 24.3 Å². The first-order valence-electron chi connectivity index (χ1n) is 7.79. The lowest BCUT2D eigenvalue weighted by Gasteiger charge is -2.31. The highest BCUT2D eigenvalue weighted by Gasteiger charge is 2.30. The number of carbonyl (C=O) groups is 1. The van der Waals surface area contributed by atoms with E-state index >= 15 is 0 Å². The molecule has 0 radical (unpaired) electrons. The monoisotopic (exact) mass is 340 g/mol. The van der Waals surface area contributed by atoms with E-state index in [1.165, 1.54) is 0 Å². The Morgan fingerprint density at radius 2 is 2.13 bits per heavy atom. The Labute approximate surface area is 137 Å². The molecule has 0 spiro atoms. The van der Waals surface area contributed by atoms with Gasteiger partial charge in [0.2, 0.25) is 5.91 Å². The zero-order chi connectivity index (χ0) is 16.9. The Kier molecular flexibility index (Phi) is 6.01. The SMILES string of the molecule is CCOc1ccccc1CNC(=O)CC1CS(=O)(=O)CCN1C. The number of rotatable bonds is 6. The first-order chi connectivity index (χ1) is 10.9. The van der Waals surface area contributed by atoms with E-state index in [0.717, 1.165) is 11.3 Å². The molecule has 6 nitrogen and oxygen atoms in total. The van der Waals surface area contributed by atoms with Crippen LogP contribution < -0.4 is 10.1 Å². The molecule has 1 saturated heterocycles. The van der Waals surface area contributed by atoms with Gasteiger partial charge in [-0.05, 0) is 20.0 Å². The Bertz CT molecular complexity index is 645. The predicted octanol–water partition coefficient (Wildman–Crippen LogP) is 0.820. The highest BCUT2D eigenvalue weighted by molar-refractivity contribution is 7.91. The van der Waals surface area contributed by atoms with E-state index < -0.39 is 9.84 Å². The lowest BCUT2D eigenvalue weighted by molar-refractivity contribution is -0.122. The number of ether oxygens (including phenoxy) is 1. The number of nitrogens with one attached hydrogen (secondary N) is 1. The van der Waals surface area contributed by atoms with Gasteiger partial charge in [-0.3, -0.25) is 4.79 Å². The molecule has 0 bridgehead atoms. The molecule has 0 saturated carbocycles. The molecule has 2 rings (SSSR count). The standard InChI is InChI=1S/C16H24N2O4S/c1-3-22-15-7-5-4-6-13(15)11-17-16(19)10-14-12-23(20,21)9-8-18(14)2/h4-7,14H,3,8-12H2,1-2H3,(H,17,19). The third-order valence-electron chi connectivity index (χ3n) is 3.99. The van der Waals surface area contributed by atoms with Crippen LogP contribution in [-0.2, 0) is 21.2 Å². The number of hydrogen-bond donors (Lipinski definition) is 1. The minimum absolute atomic E-state index is 0.0481. The van der Waals surface area contributed by atoms with E-state index in [1.54, 1.807) is 0 Å². The maximum atomic E-state index is 12.1. The summed E-state index contributed by atoms with van der Waals surface area (Å²) in [6, 6.07) is 7.30. The first-order valence-corrected chi connectivity index (χ1v) is 9.61. The summed E-state index contributed by atoms with van der Waals surface area (Å²) in [5.41, 5.74) is 0.910. The van der Waals surface area contributed by atoms with Crippen molar-refractivity contribution in [2.75, 3.05) is 31.7 Å². The van der Waals surface area contributed by atoms with Crippen molar-refractivity contribution in [3.8, 4) is 5.75 Å². The molecule has 23 heavy (non-hydrogen) atoms. The van der Waals surface area contributed by atoms with Crippen LogP contribution in [0.1, 0.15) is 18.9 Å². The summed E-state index contributed by atoms with van der Waals surface area (Å²) in [6.07, 6.45) is 0.187. The summed E-state index contributed by atoms with van der Waals surface area (Å²) >= 11 is 0. The van der Waals surface area contributed by atoms with Crippen LogP contribution >= 0.6 is 0 Å². The van der Waals surface area contributed by atoms with Crippen molar-refractivity contribution in [3.05, 3.63) is 29.8 Å². The first kappa shape index (κ1) is 17.7. The maximum Gasteiger partial charge on any atom is 0.221 e. The number of para-hydroxylation sites is 1. The number of benzene rings is 1. The van der Waals surface area contributed by atoms with Crippen molar-refractivity contribution in [2.45, 2.75) is 25.9 Å². The van der Waals surface area contributed by atoms with Crippen molar-refractivity contribution < 1.29 is 17.9 Å². The van der Waals surface area contributed by atoms with Crippen LogP contribution in [0.2, 0.25) is 0 Å². The quantitative estimate of drug-likeness (QED) is 0.830. The van der Waals surface area contributed by atoms with Gasteiger partial charge in [0.15, 0.2) is 9.84 Å². The van der Waals surface area contributed by atoms with Gasteiger partial charge in [-0.1, -0.05) is 18.2 Å². The second-order valence-corrected chi connectivity index (χ2v) is 8.00. The third kappa shape index (κ3) is 5.21. The molecular weight excluding hydrogens is 316 g/mol. The molecule has 1 heterocycles. The second kappa shape index (κ2) is 7.79. The van der Waals surface area contributed by atoms with Gasteiger partial charge in [0, 0.05) is 31.1 Å². The normalized spacial score (nSPS) is 20.9. The molecule has 128 valence electrons. The molecule has 0 aromatic heterocycles. The number of nitrogens with zero attached hydrogens (tertiary/aromatic N) is 1. The molecule has 1 aliphatic heterocycles. The maximum absolute atomic E-state index is 12.1. The van der Waals surface area contributed by atoms with Gasteiger partial charge in [-0.2, -0.15) is 0 Å². The summed E-state index contributed by atoms with van der Waals surface area (Å²) < 4.78 is 28.9. The van der Waals surface area contributed by atoms with E-state index in [2.05, 4.69) is 5.32 Å². The van der Waals surface area contributed by atoms with Crippen molar-refractivity contribution in [3.63, 3.8) is 0 Å². The van der Waals surface area contributed by atoms with Crippen LogP contribution in [0.4, 0.5) is 0 Å². The van der Waals surface area contributed by atoms with Gasteiger partial charge in [-0.15, -0.1) is 0 Å². The summed E-state index contributed by atoms with van der Waals surface area (Å²) in [5.74, 6) is 0.827. The molecule has 1 amide bonds. The Morgan fingerprint density at radius 3 is 2.87 bits per heavy atom. The van der Waals surface area contributed by atoms with E-state index in [-0.39, 0.29) is 29.9 Å². The largest absolute Gasteiger partial charge is 0.494 e. The highest BCUT2D eigenvalue weighted by Crippen LogP contribution is 2.18. The summed E-state index contributed by atoms with van der Waals surface area (Å²) in [4.78, 5) is 14.1. The summed E-state index contributed by atoms with van der Waals surface area (Å²) in [5, 5.41) is 2.85.